The number of hydrogen-bond donors (Lipinski definition) is 1. The van der Waals surface area contributed by atoms with Gasteiger partial charge in [0.25, 0.3) is 5.91 Å². The minimum absolute atomic E-state index is 0.00188. The summed E-state index contributed by atoms with van der Waals surface area (Å²) in [7, 11) is 0. The first-order valence-corrected chi connectivity index (χ1v) is 8.34. The van der Waals surface area contributed by atoms with Gasteiger partial charge in [-0.3, -0.25) is 4.79 Å². The molecule has 0 aliphatic carbocycles. The normalized spacial score (nSPS) is 11.6. The van der Waals surface area contributed by atoms with E-state index in [1.165, 1.54) is 5.56 Å². The summed E-state index contributed by atoms with van der Waals surface area (Å²) in [6.07, 6.45) is 0.831. The molecule has 2 rings (SSSR count). The van der Waals surface area contributed by atoms with Crippen molar-refractivity contribution in [2.75, 3.05) is 13.2 Å². The minimum Gasteiger partial charge on any atom is -0.494 e. The van der Waals surface area contributed by atoms with Crippen LogP contribution in [0.15, 0.2) is 48.5 Å². The molecule has 0 heterocycles. The molecule has 1 N–H and O–H groups in total. The number of nitrogens with one attached hydrogen (secondary N) is 1. The predicted octanol–water partition coefficient (Wildman–Crippen LogP) is 4.04. The third kappa shape index (κ3) is 5.30. The summed E-state index contributed by atoms with van der Waals surface area (Å²) in [5.41, 5.74) is 2.32. The Balaban J connectivity index is 1.86. The molecule has 4 heteroatoms. The lowest BCUT2D eigenvalue weighted by Gasteiger charge is -2.18. The van der Waals surface area contributed by atoms with E-state index in [9.17, 15) is 4.79 Å². The molecule has 0 fully saturated rings. The van der Waals surface area contributed by atoms with Crippen molar-refractivity contribution in [1.29, 1.82) is 0 Å². The van der Waals surface area contributed by atoms with Crippen LogP contribution in [0.25, 0.3) is 0 Å². The summed E-state index contributed by atoms with van der Waals surface area (Å²) in [5, 5.41) is 3.02. The number of benzene rings is 2. The molecule has 0 bridgehead atoms. The number of carbonyl (C=O) groups excluding carboxylic acids is 1. The summed E-state index contributed by atoms with van der Waals surface area (Å²) in [5.74, 6) is 1.31. The van der Waals surface area contributed by atoms with Crippen LogP contribution < -0.4 is 14.8 Å². The molecule has 0 aliphatic rings. The lowest BCUT2D eigenvalue weighted by atomic mass is 10.0. The average molecular weight is 327 g/mol. The van der Waals surface area contributed by atoms with E-state index in [0.29, 0.717) is 12.4 Å². The zero-order valence-corrected chi connectivity index (χ0v) is 14.5. The first kappa shape index (κ1) is 17.9. The van der Waals surface area contributed by atoms with Crippen LogP contribution in [0.3, 0.4) is 0 Å². The number of hydrogen-bond acceptors (Lipinski definition) is 3. The van der Waals surface area contributed by atoms with Crippen molar-refractivity contribution >= 4 is 5.91 Å². The second-order valence-electron chi connectivity index (χ2n) is 5.63. The van der Waals surface area contributed by atoms with E-state index in [0.717, 1.165) is 17.7 Å². The Labute approximate surface area is 143 Å². The van der Waals surface area contributed by atoms with E-state index in [2.05, 4.69) is 36.5 Å². The largest absolute Gasteiger partial charge is 0.494 e. The molecule has 0 spiro atoms. The standard InChI is InChI=1S/C20H25NO3/c1-4-19(16-8-6-15(3)7-9-16)21-20(22)14-24-18-12-10-17(11-13-18)23-5-2/h6-13,19H,4-5,14H2,1-3H3,(H,21,22)/t19-/m1/s1. The third-order valence-corrected chi connectivity index (χ3v) is 3.73. The van der Waals surface area contributed by atoms with Gasteiger partial charge in [-0.2, -0.15) is 0 Å². The monoisotopic (exact) mass is 327 g/mol. The summed E-state index contributed by atoms with van der Waals surface area (Å²) in [6, 6.07) is 15.5. The quantitative estimate of drug-likeness (QED) is 0.796. The number of carbonyl (C=O) groups is 1. The van der Waals surface area contributed by atoms with Crippen molar-refractivity contribution in [2.24, 2.45) is 0 Å². The summed E-state index contributed by atoms with van der Waals surface area (Å²) in [4.78, 5) is 12.1. The minimum atomic E-state index is -0.128. The molecule has 0 aromatic heterocycles. The Kier molecular flexibility index (Phi) is 6.67. The van der Waals surface area contributed by atoms with Gasteiger partial charge in [-0.15, -0.1) is 0 Å². The van der Waals surface area contributed by atoms with Crippen molar-refractivity contribution in [3.63, 3.8) is 0 Å². The van der Waals surface area contributed by atoms with Gasteiger partial charge in [0, 0.05) is 0 Å². The lowest BCUT2D eigenvalue weighted by Crippen LogP contribution is -2.32. The number of rotatable bonds is 8. The molecule has 0 saturated carbocycles. The summed E-state index contributed by atoms with van der Waals surface area (Å²) in [6.45, 7) is 6.66. The summed E-state index contributed by atoms with van der Waals surface area (Å²) < 4.78 is 10.9. The molecule has 0 radical (unpaired) electrons. The van der Waals surface area contributed by atoms with Gasteiger partial charge >= 0.3 is 0 Å². The van der Waals surface area contributed by atoms with Gasteiger partial charge in [0.05, 0.1) is 12.6 Å². The topological polar surface area (TPSA) is 47.6 Å². The van der Waals surface area contributed by atoms with Crippen LogP contribution in [-0.4, -0.2) is 19.1 Å². The zero-order chi connectivity index (χ0) is 17.4. The fraction of sp³-hybridized carbons (Fsp3) is 0.350. The molecule has 24 heavy (non-hydrogen) atoms. The van der Waals surface area contributed by atoms with E-state index in [-0.39, 0.29) is 18.6 Å². The molecule has 4 nitrogen and oxygen atoms in total. The van der Waals surface area contributed by atoms with E-state index >= 15 is 0 Å². The summed E-state index contributed by atoms with van der Waals surface area (Å²) >= 11 is 0. The van der Waals surface area contributed by atoms with E-state index in [1.54, 1.807) is 12.1 Å². The van der Waals surface area contributed by atoms with E-state index in [1.807, 2.05) is 26.0 Å². The Bertz CT molecular complexity index is 635. The van der Waals surface area contributed by atoms with Gasteiger partial charge in [0.15, 0.2) is 6.61 Å². The van der Waals surface area contributed by atoms with Gasteiger partial charge in [0.2, 0.25) is 0 Å². The van der Waals surface area contributed by atoms with Crippen LogP contribution >= 0.6 is 0 Å². The predicted molar refractivity (Wildman–Crippen MR) is 95.5 cm³/mol. The highest BCUT2D eigenvalue weighted by Crippen LogP contribution is 2.19. The molecule has 2 aromatic carbocycles. The van der Waals surface area contributed by atoms with Gasteiger partial charge < -0.3 is 14.8 Å². The molecule has 0 saturated heterocycles. The fourth-order valence-electron chi connectivity index (χ4n) is 2.40. The first-order chi connectivity index (χ1) is 11.6. The maximum atomic E-state index is 12.1. The van der Waals surface area contributed by atoms with E-state index in [4.69, 9.17) is 9.47 Å². The SMILES string of the molecule is CCOc1ccc(OCC(=O)N[C@H](CC)c2ccc(C)cc2)cc1. The molecular formula is C20H25NO3. The number of ether oxygens (including phenoxy) is 2. The maximum absolute atomic E-state index is 12.1. The molecule has 1 atom stereocenters. The second-order valence-corrected chi connectivity index (χ2v) is 5.63. The van der Waals surface area contributed by atoms with Crippen LogP contribution in [0.1, 0.15) is 37.4 Å². The Morgan fingerprint density at radius 2 is 1.54 bits per heavy atom. The van der Waals surface area contributed by atoms with Crippen molar-refractivity contribution in [1.82, 2.24) is 5.32 Å². The van der Waals surface area contributed by atoms with Crippen LogP contribution in [-0.2, 0) is 4.79 Å². The average Bonchev–Trinajstić information content (AvgIpc) is 2.60. The van der Waals surface area contributed by atoms with Crippen LogP contribution in [0.2, 0.25) is 0 Å². The van der Waals surface area contributed by atoms with Crippen molar-refractivity contribution < 1.29 is 14.3 Å². The molecule has 2 aromatic rings. The molecule has 0 unspecified atom stereocenters. The highest BCUT2D eigenvalue weighted by atomic mass is 16.5. The fourth-order valence-corrected chi connectivity index (χ4v) is 2.40. The Morgan fingerprint density at radius 3 is 2.08 bits per heavy atom. The van der Waals surface area contributed by atoms with Gasteiger partial charge in [-0.25, -0.2) is 0 Å². The van der Waals surface area contributed by atoms with Gasteiger partial charge in [-0.05, 0) is 50.1 Å². The first-order valence-electron chi connectivity index (χ1n) is 8.34. The van der Waals surface area contributed by atoms with Crippen molar-refractivity contribution in [3.05, 3.63) is 59.7 Å². The van der Waals surface area contributed by atoms with Gasteiger partial charge in [0.1, 0.15) is 11.5 Å². The molecule has 1 amide bonds. The molecular weight excluding hydrogens is 302 g/mol. The van der Waals surface area contributed by atoms with Gasteiger partial charge in [-0.1, -0.05) is 36.8 Å². The maximum Gasteiger partial charge on any atom is 0.258 e. The molecule has 0 aliphatic heterocycles. The van der Waals surface area contributed by atoms with Crippen molar-refractivity contribution in [3.8, 4) is 11.5 Å². The molecule has 128 valence electrons. The van der Waals surface area contributed by atoms with E-state index < -0.39 is 0 Å². The second kappa shape index (κ2) is 8.96. The highest BCUT2D eigenvalue weighted by Gasteiger charge is 2.13. The van der Waals surface area contributed by atoms with Crippen LogP contribution in [0.5, 0.6) is 11.5 Å². The highest BCUT2D eigenvalue weighted by molar-refractivity contribution is 5.78. The zero-order valence-electron chi connectivity index (χ0n) is 14.5. The van der Waals surface area contributed by atoms with Crippen molar-refractivity contribution in [2.45, 2.75) is 33.2 Å². The lowest BCUT2D eigenvalue weighted by molar-refractivity contribution is -0.123. The van der Waals surface area contributed by atoms with Crippen LogP contribution in [0.4, 0.5) is 0 Å². The number of aryl methyl sites for hydroxylation is 1. The van der Waals surface area contributed by atoms with Crippen LogP contribution in [0, 0.1) is 6.92 Å². The number of amides is 1. The Hall–Kier alpha value is -2.49. The third-order valence-electron chi connectivity index (χ3n) is 3.73. The Morgan fingerprint density at radius 1 is 0.958 bits per heavy atom. The smallest absolute Gasteiger partial charge is 0.258 e.